The fourth-order valence-electron chi connectivity index (χ4n) is 3.08. The van der Waals surface area contributed by atoms with Crippen LogP contribution in [0.3, 0.4) is 0 Å². The highest BCUT2D eigenvalue weighted by Gasteiger charge is 2.20. The first-order chi connectivity index (χ1) is 13.8. The Kier molecular flexibility index (Phi) is 6.85. The SMILES string of the molecule is Cc1ccc(S(=O)NC(CC(=O)O)c2ccc(C)c(-c3cccc(Cl)c3)c2)cc1. The molecule has 2 N–H and O–H groups in total. The number of nitrogens with one attached hydrogen (secondary N) is 1. The number of rotatable bonds is 7. The van der Waals surface area contributed by atoms with Crippen LogP contribution >= 0.6 is 11.6 Å². The number of aryl methyl sites for hydroxylation is 2. The van der Waals surface area contributed by atoms with Gasteiger partial charge in [0.25, 0.3) is 0 Å². The monoisotopic (exact) mass is 427 g/mol. The molecule has 3 rings (SSSR count). The van der Waals surface area contributed by atoms with Crippen molar-refractivity contribution in [2.24, 2.45) is 0 Å². The fourth-order valence-corrected chi connectivity index (χ4v) is 4.27. The van der Waals surface area contributed by atoms with Crippen molar-refractivity contribution < 1.29 is 14.1 Å². The predicted octanol–water partition coefficient (Wildman–Crippen LogP) is 5.45. The number of carboxylic acids is 1. The molecule has 150 valence electrons. The summed E-state index contributed by atoms with van der Waals surface area (Å²) in [5, 5.41) is 10.0. The maximum absolute atomic E-state index is 12.8. The van der Waals surface area contributed by atoms with Crippen LogP contribution in [0.5, 0.6) is 0 Å². The lowest BCUT2D eigenvalue weighted by Gasteiger charge is -2.19. The molecule has 0 saturated carbocycles. The van der Waals surface area contributed by atoms with E-state index in [1.54, 1.807) is 12.1 Å². The second kappa shape index (κ2) is 9.35. The molecule has 29 heavy (non-hydrogen) atoms. The molecule has 3 aromatic rings. The molecule has 0 heterocycles. The molecule has 0 amide bonds. The van der Waals surface area contributed by atoms with E-state index in [1.165, 1.54) is 0 Å². The van der Waals surface area contributed by atoms with Crippen molar-refractivity contribution in [1.29, 1.82) is 0 Å². The highest BCUT2D eigenvalue weighted by molar-refractivity contribution is 7.83. The average molecular weight is 428 g/mol. The van der Waals surface area contributed by atoms with Gasteiger partial charge in [0.05, 0.1) is 17.4 Å². The number of halogens is 1. The molecule has 0 bridgehead atoms. The molecule has 6 heteroatoms. The van der Waals surface area contributed by atoms with Gasteiger partial charge < -0.3 is 5.11 Å². The minimum Gasteiger partial charge on any atom is -0.481 e. The van der Waals surface area contributed by atoms with Crippen LogP contribution in [-0.4, -0.2) is 15.3 Å². The van der Waals surface area contributed by atoms with Gasteiger partial charge in [0.15, 0.2) is 0 Å². The number of carboxylic acid groups (broad SMARTS) is 1. The predicted molar refractivity (Wildman–Crippen MR) is 117 cm³/mol. The Bertz CT molecular complexity index is 1050. The molecule has 0 aliphatic heterocycles. The first-order valence-electron chi connectivity index (χ1n) is 9.16. The molecular weight excluding hydrogens is 406 g/mol. The van der Waals surface area contributed by atoms with E-state index in [9.17, 15) is 14.1 Å². The molecule has 0 saturated heterocycles. The molecule has 0 fully saturated rings. The van der Waals surface area contributed by atoms with E-state index in [0.29, 0.717) is 9.92 Å². The van der Waals surface area contributed by atoms with E-state index in [2.05, 4.69) is 4.72 Å². The van der Waals surface area contributed by atoms with Crippen molar-refractivity contribution in [3.8, 4) is 11.1 Å². The minimum absolute atomic E-state index is 0.185. The van der Waals surface area contributed by atoms with Gasteiger partial charge in [-0.15, -0.1) is 0 Å². The molecule has 0 spiro atoms. The van der Waals surface area contributed by atoms with Crippen LogP contribution in [0.2, 0.25) is 5.02 Å². The van der Waals surface area contributed by atoms with Gasteiger partial charge in [-0.05, 0) is 66.4 Å². The molecule has 2 unspecified atom stereocenters. The van der Waals surface area contributed by atoms with E-state index < -0.39 is 23.0 Å². The first kappa shape index (κ1) is 21.2. The van der Waals surface area contributed by atoms with E-state index >= 15 is 0 Å². The van der Waals surface area contributed by atoms with Gasteiger partial charge in [-0.25, -0.2) is 8.93 Å². The number of aliphatic carboxylic acids is 1. The first-order valence-corrected chi connectivity index (χ1v) is 10.7. The number of carbonyl (C=O) groups is 1. The van der Waals surface area contributed by atoms with E-state index in [1.807, 2.05) is 68.4 Å². The summed E-state index contributed by atoms with van der Waals surface area (Å²) in [6, 6.07) is 20.0. The van der Waals surface area contributed by atoms with Crippen molar-refractivity contribution in [3.63, 3.8) is 0 Å². The van der Waals surface area contributed by atoms with E-state index in [-0.39, 0.29) is 6.42 Å². The van der Waals surface area contributed by atoms with Gasteiger partial charge in [0.2, 0.25) is 0 Å². The average Bonchev–Trinajstić information content (AvgIpc) is 2.68. The zero-order valence-electron chi connectivity index (χ0n) is 16.2. The van der Waals surface area contributed by atoms with Gasteiger partial charge >= 0.3 is 5.97 Å². The minimum atomic E-state index is -1.53. The lowest BCUT2D eigenvalue weighted by atomic mass is 9.95. The Morgan fingerprint density at radius 1 is 1.07 bits per heavy atom. The van der Waals surface area contributed by atoms with Gasteiger partial charge in [-0.1, -0.05) is 53.6 Å². The molecule has 2 atom stereocenters. The standard InChI is InChI=1S/C23H22ClNO3S/c1-15-6-10-20(11-7-15)29(28)25-22(14-23(26)27)18-9-8-16(2)21(13-18)17-4-3-5-19(24)12-17/h3-13,22,25H,14H2,1-2H3,(H,26,27). The molecule has 0 radical (unpaired) electrons. The third kappa shape index (κ3) is 5.54. The molecule has 3 aromatic carbocycles. The number of benzene rings is 3. The van der Waals surface area contributed by atoms with Crippen molar-refractivity contribution >= 4 is 28.6 Å². The van der Waals surface area contributed by atoms with Crippen molar-refractivity contribution in [2.45, 2.75) is 31.2 Å². The van der Waals surface area contributed by atoms with Gasteiger partial charge in [-0.2, -0.15) is 0 Å². The molecule has 0 aliphatic rings. The summed E-state index contributed by atoms with van der Waals surface area (Å²) in [5.74, 6) is -0.965. The van der Waals surface area contributed by atoms with Crippen LogP contribution in [-0.2, 0) is 15.8 Å². The zero-order valence-corrected chi connectivity index (χ0v) is 17.8. The summed E-state index contributed by atoms with van der Waals surface area (Å²) < 4.78 is 15.8. The summed E-state index contributed by atoms with van der Waals surface area (Å²) in [6.07, 6.45) is -0.185. The van der Waals surface area contributed by atoms with Crippen LogP contribution in [0.25, 0.3) is 11.1 Å². The number of hydrogen-bond acceptors (Lipinski definition) is 2. The Morgan fingerprint density at radius 3 is 2.45 bits per heavy atom. The lowest BCUT2D eigenvalue weighted by molar-refractivity contribution is -0.137. The maximum Gasteiger partial charge on any atom is 0.305 e. The third-order valence-corrected chi connectivity index (χ3v) is 6.10. The van der Waals surface area contributed by atoms with Crippen molar-refractivity contribution in [2.75, 3.05) is 0 Å². The quantitative estimate of drug-likeness (QED) is 0.526. The number of hydrogen-bond donors (Lipinski definition) is 2. The Labute approximate surface area is 178 Å². The highest BCUT2D eigenvalue weighted by Crippen LogP contribution is 2.30. The molecule has 0 aliphatic carbocycles. The van der Waals surface area contributed by atoms with Gasteiger partial charge in [0, 0.05) is 5.02 Å². The highest BCUT2D eigenvalue weighted by atomic mass is 35.5. The van der Waals surface area contributed by atoms with Crippen LogP contribution in [0.15, 0.2) is 71.6 Å². The maximum atomic E-state index is 12.8. The molecular formula is C23H22ClNO3S. The zero-order chi connectivity index (χ0) is 21.0. The van der Waals surface area contributed by atoms with Gasteiger partial charge in [-0.3, -0.25) is 4.79 Å². The summed E-state index contributed by atoms with van der Waals surface area (Å²) in [7, 11) is -1.53. The summed E-state index contributed by atoms with van der Waals surface area (Å²) in [5.41, 5.74) is 4.78. The fraction of sp³-hybridized carbons (Fsp3) is 0.174. The molecule has 4 nitrogen and oxygen atoms in total. The smallest absolute Gasteiger partial charge is 0.305 e. The summed E-state index contributed by atoms with van der Waals surface area (Å²) in [4.78, 5) is 12.1. The molecule has 0 aromatic heterocycles. The second-order valence-corrected chi connectivity index (χ2v) is 8.62. The largest absolute Gasteiger partial charge is 0.481 e. The van der Waals surface area contributed by atoms with Crippen molar-refractivity contribution in [3.05, 3.63) is 88.4 Å². The summed E-state index contributed by atoms with van der Waals surface area (Å²) in [6.45, 7) is 3.95. The topological polar surface area (TPSA) is 66.4 Å². The normalized spacial score (nSPS) is 13.1. The van der Waals surface area contributed by atoms with Crippen LogP contribution in [0.1, 0.15) is 29.2 Å². The Morgan fingerprint density at radius 2 is 1.79 bits per heavy atom. The van der Waals surface area contributed by atoms with Crippen LogP contribution in [0, 0.1) is 13.8 Å². The van der Waals surface area contributed by atoms with Gasteiger partial charge in [0.1, 0.15) is 11.0 Å². The Balaban J connectivity index is 1.94. The second-order valence-electron chi connectivity index (χ2n) is 6.93. The lowest BCUT2D eigenvalue weighted by Crippen LogP contribution is -2.26. The van der Waals surface area contributed by atoms with E-state index in [0.717, 1.165) is 27.8 Å². The Hall–Kier alpha value is -2.47. The summed E-state index contributed by atoms with van der Waals surface area (Å²) >= 11 is 6.14. The third-order valence-electron chi connectivity index (χ3n) is 4.66. The van der Waals surface area contributed by atoms with E-state index in [4.69, 9.17) is 11.6 Å². The van der Waals surface area contributed by atoms with Crippen LogP contribution < -0.4 is 4.72 Å². The van der Waals surface area contributed by atoms with Crippen LogP contribution in [0.4, 0.5) is 0 Å². The van der Waals surface area contributed by atoms with Crippen molar-refractivity contribution in [1.82, 2.24) is 4.72 Å².